The first-order chi connectivity index (χ1) is 11.6. The van der Waals surface area contributed by atoms with Crippen LogP contribution in [0, 0.1) is 0 Å². The number of fused-ring (bicyclic) bond motifs is 1. The average Bonchev–Trinajstić information content (AvgIpc) is 2.58. The number of aliphatic imine (C=N–C) groups is 1. The fourth-order valence-corrected chi connectivity index (χ4v) is 3.27. The van der Waals surface area contributed by atoms with Gasteiger partial charge in [0.25, 0.3) is 0 Å². The van der Waals surface area contributed by atoms with Crippen LogP contribution in [-0.2, 0) is 6.54 Å². The third kappa shape index (κ3) is 3.73. The summed E-state index contributed by atoms with van der Waals surface area (Å²) in [5, 5.41) is 7.97. The number of hydrogen-bond acceptors (Lipinski definition) is 2. The molecule has 0 aromatic heterocycles. The molecule has 4 heteroatoms. The van der Waals surface area contributed by atoms with E-state index in [0.717, 1.165) is 40.6 Å². The standard InChI is InChI=1S/C20H24ClN3/c1-3-4-12-20(2)19(22-14-15-8-7-9-16(21)13-15)23-17-10-5-6-11-18(17)24-20/h5-11,13,24H,3-4,12,14H2,1-2H3,(H,22,23). The minimum atomic E-state index is -0.178. The lowest BCUT2D eigenvalue weighted by Crippen LogP contribution is -2.50. The highest BCUT2D eigenvalue weighted by Crippen LogP contribution is 2.33. The van der Waals surface area contributed by atoms with E-state index < -0.39 is 0 Å². The maximum atomic E-state index is 6.08. The van der Waals surface area contributed by atoms with Crippen LogP contribution in [0.2, 0.25) is 5.02 Å². The van der Waals surface area contributed by atoms with Gasteiger partial charge >= 0.3 is 0 Å². The molecule has 2 N–H and O–H groups in total. The van der Waals surface area contributed by atoms with Gasteiger partial charge in [-0.05, 0) is 43.2 Å². The monoisotopic (exact) mass is 341 g/mol. The van der Waals surface area contributed by atoms with Crippen molar-refractivity contribution in [2.75, 3.05) is 10.6 Å². The highest BCUT2D eigenvalue weighted by molar-refractivity contribution is 6.30. The van der Waals surface area contributed by atoms with E-state index in [1.807, 2.05) is 24.3 Å². The van der Waals surface area contributed by atoms with Crippen molar-refractivity contribution in [3.05, 3.63) is 59.1 Å². The highest BCUT2D eigenvalue weighted by atomic mass is 35.5. The first-order valence-corrected chi connectivity index (χ1v) is 8.92. The van der Waals surface area contributed by atoms with Gasteiger partial charge in [0.05, 0.1) is 23.5 Å². The zero-order chi connectivity index (χ0) is 17.0. The molecule has 0 saturated heterocycles. The van der Waals surface area contributed by atoms with Crippen molar-refractivity contribution in [3.63, 3.8) is 0 Å². The quantitative estimate of drug-likeness (QED) is 0.729. The lowest BCUT2D eigenvalue weighted by molar-refractivity contribution is 0.565. The summed E-state index contributed by atoms with van der Waals surface area (Å²) in [7, 11) is 0. The van der Waals surface area contributed by atoms with Gasteiger partial charge in [-0.25, -0.2) is 0 Å². The smallest absolute Gasteiger partial charge is 0.127 e. The number of halogens is 1. The van der Waals surface area contributed by atoms with Crippen molar-refractivity contribution >= 4 is 28.8 Å². The third-order valence-corrected chi connectivity index (χ3v) is 4.69. The number of benzene rings is 2. The average molecular weight is 342 g/mol. The summed E-state index contributed by atoms with van der Waals surface area (Å²) >= 11 is 6.08. The molecule has 1 heterocycles. The Morgan fingerprint density at radius 1 is 1.08 bits per heavy atom. The molecule has 126 valence electrons. The van der Waals surface area contributed by atoms with E-state index in [1.54, 1.807) is 0 Å². The first-order valence-electron chi connectivity index (χ1n) is 8.54. The van der Waals surface area contributed by atoms with Gasteiger partial charge in [-0.2, -0.15) is 0 Å². The number of unbranched alkanes of at least 4 members (excludes halogenated alkanes) is 1. The molecular formula is C20H24ClN3. The van der Waals surface area contributed by atoms with E-state index in [9.17, 15) is 0 Å². The molecule has 0 radical (unpaired) electrons. The molecular weight excluding hydrogens is 318 g/mol. The Kier molecular flexibility index (Phi) is 5.10. The molecule has 1 aliphatic heterocycles. The Labute approximate surface area is 149 Å². The molecule has 1 atom stereocenters. The zero-order valence-corrected chi connectivity index (χ0v) is 15.0. The molecule has 2 aromatic carbocycles. The molecule has 0 amide bonds. The zero-order valence-electron chi connectivity index (χ0n) is 14.3. The van der Waals surface area contributed by atoms with Crippen LogP contribution < -0.4 is 10.6 Å². The molecule has 0 aliphatic carbocycles. The number of nitrogens with zero attached hydrogens (tertiary/aromatic N) is 1. The van der Waals surface area contributed by atoms with E-state index in [0.29, 0.717) is 6.54 Å². The molecule has 0 fully saturated rings. The second-order valence-corrected chi connectivity index (χ2v) is 6.96. The maximum Gasteiger partial charge on any atom is 0.127 e. The maximum absolute atomic E-state index is 6.08. The summed E-state index contributed by atoms with van der Waals surface area (Å²) in [6, 6.07) is 16.2. The van der Waals surface area contributed by atoms with E-state index in [-0.39, 0.29) is 5.54 Å². The lowest BCUT2D eigenvalue weighted by atomic mass is 9.90. The van der Waals surface area contributed by atoms with Crippen LogP contribution in [0.1, 0.15) is 38.7 Å². The number of anilines is 2. The molecule has 1 unspecified atom stereocenters. The summed E-state index contributed by atoms with van der Waals surface area (Å²) in [5.41, 5.74) is 3.16. The van der Waals surface area contributed by atoms with E-state index >= 15 is 0 Å². The summed E-state index contributed by atoms with van der Waals surface area (Å²) in [6.07, 6.45) is 3.36. The van der Waals surface area contributed by atoms with Gasteiger partial charge < -0.3 is 10.6 Å². The fraction of sp³-hybridized carbons (Fsp3) is 0.350. The first kappa shape index (κ1) is 16.8. The summed E-state index contributed by atoms with van der Waals surface area (Å²) in [5.74, 6) is 0.995. The minimum absolute atomic E-state index is 0.178. The van der Waals surface area contributed by atoms with Gasteiger partial charge in [0.2, 0.25) is 0 Å². The predicted molar refractivity (Wildman–Crippen MR) is 104 cm³/mol. The third-order valence-electron chi connectivity index (χ3n) is 4.45. The van der Waals surface area contributed by atoms with E-state index in [4.69, 9.17) is 16.6 Å². The highest BCUT2D eigenvalue weighted by Gasteiger charge is 2.34. The molecule has 0 spiro atoms. The van der Waals surface area contributed by atoms with E-state index in [2.05, 4.69) is 48.7 Å². The normalized spacial score (nSPS) is 21.0. The number of para-hydroxylation sites is 2. The van der Waals surface area contributed by atoms with Crippen LogP contribution in [0.3, 0.4) is 0 Å². The van der Waals surface area contributed by atoms with Crippen molar-refractivity contribution in [2.24, 2.45) is 4.99 Å². The van der Waals surface area contributed by atoms with Crippen molar-refractivity contribution in [3.8, 4) is 0 Å². The molecule has 0 saturated carbocycles. The van der Waals surface area contributed by atoms with Crippen LogP contribution in [0.5, 0.6) is 0 Å². The Balaban J connectivity index is 1.88. The molecule has 0 bridgehead atoms. The topological polar surface area (TPSA) is 36.4 Å². The van der Waals surface area contributed by atoms with Crippen LogP contribution in [-0.4, -0.2) is 11.4 Å². The van der Waals surface area contributed by atoms with Gasteiger partial charge in [0.15, 0.2) is 0 Å². The SMILES string of the molecule is CCCCC1(C)Nc2ccccc2NC1=NCc1cccc(Cl)c1. The van der Waals surface area contributed by atoms with Gasteiger partial charge in [-0.15, -0.1) is 0 Å². The molecule has 24 heavy (non-hydrogen) atoms. The van der Waals surface area contributed by atoms with Crippen molar-refractivity contribution in [1.29, 1.82) is 0 Å². The second kappa shape index (κ2) is 7.27. The fourth-order valence-electron chi connectivity index (χ4n) is 3.05. The molecule has 3 nitrogen and oxygen atoms in total. The largest absolute Gasteiger partial charge is 0.371 e. The van der Waals surface area contributed by atoms with Crippen molar-refractivity contribution in [1.82, 2.24) is 0 Å². The van der Waals surface area contributed by atoms with Crippen LogP contribution in [0.4, 0.5) is 11.4 Å². The Morgan fingerprint density at radius 2 is 1.88 bits per heavy atom. The van der Waals surface area contributed by atoms with Gasteiger partial charge in [0.1, 0.15) is 5.84 Å². The Bertz CT molecular complexity index is 741. The lowest BCUT2D eigenvalue weighted by Gasteiger charge is -2.39. The second-order valence-electron chi connectivity index (χ2n) is 6.53. The minimum Gasteiger partial charge on any atom is -0.371 e. The van der Waals surface area contributed by atoms with Gasteiger partial charge in [-0.3, -0.25) is 4.99 Å². The summed E-state index contributed by atoms with van der Waals surface area (Å²) in [6.45, 7) is 5.06. The number of amidine groups is 1. The van der Waals surface area contributed by atoms with Crippen LogP contribution >= 0.6 is 11.6 Å². The van der Waals surface area contributed by atoms with Crippen LogP contribution in [0.25, 0.3) is 0 Å². The molecule has 2 aromatic rings. The summed E-state index contributed by atoms with van der Waals surface area (Å²) < 4.78 is 0. The molecule has 1 aliphatic rings. The number of rotatable bonds is 5. The van der Waals surface area contributed by atoms with Crippen molar-refractivity contribution < 1.29 is 0 Å². The number of nitrogens with one attached hydrogen (secondary N) is 2. The Hall–Kier alpha value is -2.00. The summed E-state index contributed by atoms with van der Waals surface area (Å²) in [4.78, 5) is 4.88. The van der Waals surface area contributed by atoms with E-state index in [1.165, 1.54) is 6.42 Å². The number of hydrogen-bond donors (Lipinski definition) is 2. The van der Waals surface area contributed by atoms with Gasteiger partial charge in [0, 0.05) is 5.02 Å². The van der Waals surface area contributed by atoms with Gasteiger partial charge in [-0.1, -0.05) is 55.6 Å². The van der Waals surface area contributed by atoms with Crippen molar-refractivity contribution in [2.45, 2.75) is 45.2 Å². The van der Waals surface area contributed by atoms with Crippen LogP contribution in [0.15, 0.2) is 53.5 Å². The predicted octanol–water partition coefficient (Wildman–Crippen LogP) is 5.73. The Morgan fingerprint density at radius 3 is 2.62 bits per heavy atom. The molecule has 3 rings (SSSR count).